The second-order valence-electron chi connectivity index (χ2n) is 5.98. The molecule has 2 unspecified atom stereocenters. The minimum atomic E-state index is -3.55. The van der Waals surface area contributed by atoms with Crippen molar-refractivity contribution in [2.24, 2.45) is 17.6 Å². The Morgan fingerprint density at radius 2 is 1.90 bits per heavy atom. The number of aromatic nitrogens is 1. The maximum Gasteiger partial charge on any atom is 0.242 e. The maximum atomic E-state index is 12.4. The first-order valence-corrected chi connectivity index (χ1v) is 8.95. The second-order valence-corrected chi connectivity index (χ2v) is 8.13. The van der Waals surface area contributed by atoms with Gasteiger partial charge in [0.05, 0.1) is 5.69 Å². The average Bonchev–Trinajstić information content (AvgIpc) is 2.37. The number of rotatable bonds is 4. The van der Waals surface area contributed by atoms with Gasteiger partial charge < -0.3 is 5.73 Å². The lowest BCUT2D eigenvalue weighted by atomic mass is 9.81. The Morgan fingerprint density at radius 1 is 1.29 bits per heavy atom. The van der Waals surface area contributed by atoms with E-state index in [0.717, 1.165) is 19.3 Å². The largest absolute Gasteiger partial charge is 0.388 e. The zero-order chi connectivity index (χ0) is 15.6. The summed E-state index contributed by atoms with van der Waals surface area (Å²) in [6.45, 7) is 4.32. The summed E-state index contributed by atoms with van der Waals surface area (Å²) in [6, 6.07) is 3.01. The molecule has 2 rings (SSSR count). The monoisotopic (exact) mass is 327 g/mol. The highest BCUT2D eigenvalue weighted by molar-refractivity contribution is 7.89. The molecule has 7 heteroatoms. The fourth-order valence-corrected chi connectivity index (χ4v) is 4.34. The lowest BCUT2D eigenvalue weighted by Crippen LogP contribution is -2.40. The molecule has 1 aromatic heterocycles. The van der Waals surface area contributed by atoms with Crippen molar-refractivity contribution in [3.05, 3.63) is 24.0 Å². The summed E-state index contributed by atoms with van der Waals surface area (Å²) in [7, 11) is -3.55. The number of nitrogens with two attached hydrogens (primary N) is 1. The molecule has 1 aliphatic carbocycles. The summed E-state index contributed by atoms with van der Waals surface area (Å²) in [6.07, 6.45) is 4.21. The van der Waals surface area contributed by atoms with E-state index < -0.39 is 10.0 Å². The van der Waals surface area contributed by atoms with Crippen molar-refractivity contribution in [1.82, 2.24) is 9.71 Å². The fraction of sp³-hybridized carbons (Fsp3) is 0.571. The van der Waals surface area contributed by atoms with Gasteiger partial charge in [0.15, 0.2) is 0 Å². The molecule has 0 amide bonds. The van der Waals surface area contributed by atoms with Gasteiger partial charge in [0, 0.05) is 12.2 Å². The van der Waals surface area contributed by atoms with Gasteiger partial charge in [-0.15, -0.1) is 0 Å². The van der Waals surface area contributed by atoms with Crippen molar-refractivity contribution < 1.29 is 8.42 Å². The summed E-state index contributed by atoms with van der Waals surface area (Å²) in [5, 5.41) is 0. The first kappa shape index (κ1) is 16.3. The highest BCUT2D eigenvalue weighted by atomic mass is 32.2. The van der Waals surface area contributed by atoms with Gasteiger partial charge in [-0.05, 0) is 43.2 Å². The fourth-order valence-electron chi connectivity index (χ4n) is 3.02. The summed E-state index contributed by atoms with van der Waals surface area (Å²) in [5.74, 6) is 1.08. The average molecular weight is 327 g/mol. The van der Waals surface area contributed by atoms with E-state index in [2.05, 4.69) is 23.6 Å². The number of nitrogens with zero attached hydrogens (tertiary/aromatic N) is 1. The number of hydrogen-bond acceptors (Lipinski definition) is 4. The number of hydrogen-bond donors (Lipinski definition) is 2. The zero-order valence-corrected chi connectivity index (χ0v) is 13.9. The molecule has 1 aromatic rings. The number of nitrogens with one attached hydrogen (secondary N) is 1. The molecule has 0 saturated heterocycles. The van der Waals surface area contributed by atoms with Crippen molar-refractivity contribution in [3.63, 3.8) is 0 Å². The third kappa shape index (κ3) is 4.21. The van der Waals surface area contributed by atoms with Crippen molar-refractivity contribution in [1.29, 1.82) is 0 Å². The van der Waals surface area contributed by atoms with E-state index in [4.69, 9.17) is 18.0 Å². The van der Waals surface area contributed by atoms with Crippen molar-refractivity contribution in [2.75, 3.05) is 0 Å². The lowest BCUT2D eigenvalue weighted by molar-refractivity contribution is 0.257. The van der Waals surface area contributed by atoms with E-state index in [1.807, 2.05) is 0 Å². The second kappa shape index (κ2) is 6.37. The Balaban J connectivity index is 2.12. The predicted octanol–water partition coefficient (Wildman–Crippen LogP) is 1.82. The normalized spacial score (nSPS) is 26.5. The number of pyridine rings is 1. The molecule has 5 nitrogen and oxygen atoms in total. The molecule has 1 fully saturated rings. The molecule has 1 aliphatic rings. The Morgan fingerprint density at radius 3 is 2.38 bits per heavy atom. The molecular formula is C14H21N3O2S2. The van der Waals surface area contributed by atoms with Crippen molar-refractivity contribution in [2.45, 2.75) is 44.0 Å². The lowest BCUT2D eigenvalue weighted by Gasteiger charge is -2.31. The van der Waals surface area contributed by atoms with Gasteiger partial charge in [0.1, 0.15) is 9.88 Å². The van der Waals surface area contributed by atoms with E-state index in [1.54, 1.807) is 0 Å². The maximum absolute atomic E-state index is 12.4. The van der Waals surface area contributed by atoms with Gasteiger partial charge >= 0.3 is 0 Å². The van der Waals surface area contributed by atoms with Crippen LogP contribution in [0.3, 0.4) is 0 Å². The molecular weight excluding hydrogens is 306 g/mol. The van der Waals surface area contributed by atoms with E-state index in [9.17, 15) is 8.42 Å². The Labute approximate surface area is 131 Å². The van der Waals surface area contributed by atoms with Crippen LogP contribution in [0.2, 0.25) is 0 Å². The summed E-state index contributed by atoms with van der Waals surface area (Å²) in [5.41, 5.74) is 5.88. The van der Waals surface area contributed by atoms with E-state index in [-0.39, 0.29) is 15.9 Å². The van der Waals surface area contributed by atoms with Gasteiger partial charge in [-0.1, -0.05) is 26.1 Å². The topological polar surface area (TPSA) is 85.1 Å². The third-order valence-corrected chi connectivity index (χ3v) is 5.51. The predicted molar refractivity (Wildman–Crippen MR) is 86.4 cm³/mol. The third-order valence-electron chi connectivity index (χ3n) is 3.80. The van der Waals surface area contributed by atoms with Gasteiger partial charge in [-0.25, -0.2) is 13.1 Å². The smallest absolute Gasteiger partial charge is 0.242 e. The van der Waals surface area contributed by atoms with E-state index >= 15 is 0 Å². The molecule has 3 N–H and O–H groups in total. The molecule has 2 atom stereocenters. The minimum absolute atomic E-state index is 0.0102. The molecule has 21 heavy (non-hydrogen) atoms. The highest BCUT2D eigenvalue weighted by Gasteiger charge is 2.28. The van der Waals surface area contributed by atoms with Crippen LogP contribution in [0.5, 0.6) is 0 Å². The molecule has 116 valence electrons. The van der Waals surface area contributed by atoms with Crippen LogP contribution in [0, 0.1) is 11.8 Å². The van der Waals surface area contributed by atoms with E-state index in [1.165, 1.54) is 18.3 Å². The number of sulfonamides is 1. The summed E-state index contributed by atoms with van der Waals surface area (Å²) >= 11 is 4.81. The van der Waals surface area contributed by atoms with Gasteiger partial charge in [0.25, 0.3) is 0 Å². The van der Waals surface area contributed by atoms with Gasteiger partial charge in [-0.3, -0.25) is 4.98 Å². The van der Waals surface area contributed by atoms with Crippen LogP contribution in [0.15, 0.2) is 23.2 Å². The molecule has 0 radical (unpaired) electrons. The van der Waals surface area contributed by atoms with Crippen LogP contribution in [-0.2, 0) is 10.0 Å². The Bertz CT molecular complexity index is 604. The summed E-state index contributed by atoms with van der Waals surface area (Å²) < 4.78 is 27.5. The molecule has 1 heterocycles. The summed E-state index contributed by atoms with van der Waals surface area (Å²) in [4.78, 5) is 4.28. The van der Waals surface area contributed by atoms with Crippen molar-refractivity contribution in [3.8, 4) is 0 Å². The minimum Gasteiger partial charge on any atom is -0.388 e. The van der Waals surface area contributed by atoms with Crippen LogP contribution in [0.25, 0.3) is 0 Å². The first-order valence-electron chi connectivity index (χ1n) is 7.06. The number of thiocarbonyl (C=S) groups is 1. The van der Waals surface area contributed by atoms with Crippen LogP contribution in [0.4, 0.5) is 0 Å². The standard InChI is InChI=1S/C14H21N3O2S2/c1-9-5-10(2)7-11(6-9)17-21(18,19)12-3-4-13(14(15)20)16-8-12/h3-4,8-11,17H,5-7H2,1-2H3,(H2,15,20). The quantitative estimate of drug-likeness (QED) is 0.824. The zero-order valence-electron chi connectivity index (χ0n) is 12.2. The van der Waals surface area contributed by atoms with Gasteiger partial charge in [0.2, 0.25) is 10.0 Å². The molecule has 0 bridgehead atoms. The Hall–Kier alpha value is -1.05. The first-order chi connectivity index (χ1) is 9.78. The van der Waals surface area contributed by atoms with E-state index in [0.29, 0.717) is 17.5 Å². The highest BCUT2D eigenvalue weighted by Crippen LogP contribution is 2.29. The SMILES string of the molecule is CC1CC(C)CC(NS(=O)(=O)c2ccc(C(N)=S)nc2)C1. The molecule has 1 saturated carbocycles. The van der Waals surface area contributed by atoms with Crippen molar-refractivity contribution >= 4 is 27.2 Å². The van der Waals surface area contributed by atoms with Crippen LogP contribution < -0.4 is 10.5 Å². The van der Waals surface area contributed by atoms with Crippen LogP contribution >= 0.6 is 12.2 Å². The van der Waals surface area contributed by atoms with Gasteiger partial charge in [-0.2, -0.15) is 0 Å². The Kier molecular flexibility index (Phi) is 4.95. The molecule has 0 aliphatic heterocycles. The molecule has 0 aromatic carbocycles. The van der Waals surface area contributed by atoms with Crippen LogP contribution in [-0.4, -0.2) is 24.4 Å². The van der Waals surface area contributed by atoms with Crippen LogP contribution in [0.1, 0.15) is 38.8 Å². The molecule has 0 spiro atoms.